The van der Waals surface area contributed by atoms with E-state index in [2.05, 4.69) is 28.7 Å². The largest absolute Gasteiger partial charge is 0.379 e. The molecule has 1 aromatic rings. The van der Waals surface area contributed by atoms with E-state index in [0.29, 0.717) is 19.0 Å². The molecular weight excluding hydrogens is 304 g/mol. The lowest BCUT2D eigenvalue weighted by Crippen LogP contribution is -2.43. The second kappa shape index (κ2) is 7.57. The maximum absolute atomic E-state index is 12.8. The predicted molar refractivity (Wildman–Crippen MR) is 91.3 cm³/mol. The van der Waals surface area contributed by atoms with Crippen LogP contribution in [0.15, 0.2) is 6.20 Å². The van der Waals surface area contributed by atoms with Gasteiger partial charge in [-0.3, -0.25) is 9.69 Å². The molecule has 1 amide bonds. The van der Waals surface area contributed by atoms with Crippen LogP contribution in [0.5, 0.6) is 0 Å². The first-order chi connectivity index (χ1) is 11.5. The molecule has 0 aliphatic carbocycles. The average Bonchev–Trinajstić information content (AvgIpc) is 2.97. The van der Waals surface area contributed by atoms with Gasteiger partial charge in [0.15, 0.2) is 0 Å². The molecule has 0 saturated carbocycles. The van der Waals surface area contributed by atoms with Gasteiger partial charge in [-0.1, -0.05) is 20.8 Å². The van der Waals surface area contributed by atoms with E-state index in [1.807, 2.05) is 18.0 Å². The highest BCUT2D eigenvalue weighted by molar-refractivity contribution is 5.79. The number of rotatable bonds is 5. The van der Waals surface area contributed by atoms with Gasteiger partial charge in [-0.2, -0.15) is 0 Å². The molecule has 132 valence electrons. The van der Waals surface area contributed by atoms with Crippen LogP contribution >= 0.6 is 0 Å². The summed E-state index contributed by atoms with van der Waals surface area (Å²) in [5, 5.41) is 0. The number of nitrogens with zero attached hydrogens (tertiary/aromatic N) is 4. The van der Waals surface area contributed by atoms with Gasteiger partial charge >= 0.3 is 0 Å². The van der Waals surface area contributed by atoms with E-state index in [0.717, 1.165) is 56.4 Å². The summed E-state index contributed by atoms with van der Waals surface area (Å²) in [7, 11) is 0. The first-order valence-corrected chi connectivity index (χ1v) is 8.95. The van der Waals surface area contributed by atoms with Crippen LogP contribution in [0, 0.1) is 11.8 Å². The van der Waals surface area contributed by atoms with Crippen molar-refractivity contribution in [2.45, 2.75) is 40.3 Å². The van der Waals surface area contributed by atoms with Crippen LogP contribution in [-0.4, -0.2) is 58.5 Å². The van der Waals surface area contributed by atoms with Crippen LogP contribution in [0.25, 0.3) is 0 Å². The summed E-state index contributed by atoms with van der Waals surface area (Å²) >= 11 is 0. The van der Waals surface area contributed by atoms with Crippen LogP contribution in [0.4, 0.5) is 0 Å². The quantitative estimate of drug-likeness (QED) is 0.817. The molecule has 2 aliphatic rings. The molecule has 0 radical (unpaired) electrons. The Kier molecular flexibility index (Phi) is 5.46. The monoisotopic (exact) mass is 332 g/mol. The second-order valence-corrected chi connectivity index (χ2v) is 7.36. The normalized spacial score (nSPS) is 19.6. The molecule has 6 heteroatoms. The summed E-state index contributed by atoms with van der Waals surface area (Å²) in [4.78, 5) is 26.1. The summed E-state index contributed by atoms with van der Waals surface area (Å²) < 4.78 is 5.37. The van der Waals surface area contributed by atoms with Gasteiger partial charge < -0.3 is 9.64 Å². The third kappa shape index (κ3) is 4.11. The third-order valence-corrected chi connectivity index (χ3v) is 4.67. The van der Waals surface area contributed by atoms with Crippen molar-refractivity contribution < 1.29 is 9.53 Å². The zero-order valence-corrected chi connectivity index (χ0v) is 15.0. The number of morpholine rings is 1. The molecule has 3 heterocycles. The van der Waals surface area contributed by atoms with Gasteiger partial charge in [-0.25, -0.2) is 9.97 Å². The van der Waals surface area contributed by atoms with Gasteiger partial charge in [0.05, 0.1) is 25.5 Å². The zero-order valence-electron chi connectivity index (χ0n) is 15.0. The minimum Gasteiger partial charge on any atom is -0.379 e. The van der Waals surface area contributed by atoms with Crippen LogP contribution in [-0.2, 0) is 29.0 Å². The number of aromatic nitrogens is 2. The van der Waals surface area contributed by atoms with E-state index in [-0.39, 0.29) is 11.8 Å². The van der Waals surface area contributed by atoms with E-state index in [1.54, 1.807) is 0 Å². The Balaban J connectivity index is 1.58. The lowest BCUT2D eigenvalue weighted by atomic mass is 10.1. The van der Waals surface area contributed by atoms with Crippen molar-refractivity contribution in [3.8, 4) is 0 Å². The van der Waals surface area contributed by atoms with E-state index >= 15 is 0 Å². The van der Waals surface area contributed by atoms with Gasteiger partial charge in [0.1, 0.15) is 5.82 Å². The van der Waals surface area contributed by atoms with Gasteiger partial charge in [-0.05, 0) is 5.92 Å². The van der Waals surface area contributed by atoms with Gasteiger partial charge in [0, 0.05) is 50.3 Å². The fourth-order valence-electron chi connectivity index (χ4n) is 3.37. The molecule has 0 bridgehead atoms. The molecule has 1 unspecified atom stereocenters. The maximum Gasteiger partial charge on any atom is 0.227 e. The van der Waals surface area contributed by atoms with Crippen LogP contribution in [0.2, 0.25) is 0 Å². The molecule has 1 fully saturated rings. The maximum atomic E-state index is 12.8. The summed E-state index contributed by atoms with van der Waals surface area (Å²) in [5.74, 6) is 1.64. The Hall–Kier alpha value is -1.53. The molecule has 1 atom stereocenters. The molecule has 1 saturated heterocycles. The summed E-state index contributed by atoms with van der Waals surface area (Å²) in [6.07, 6.45) is 2.79. The second-order valence-electron chi connectivity index (χ2n) is 7.36. The lowest BCUT2D eigenvalue weighted by molar-refractivity contribution is -0.136. The van der Waals surface area contributed by atoms with Crippen molar-refractivity contribution in [1.29, 1.82) is 0 Å². The van der Waals surface area contributed by atoms with Crippen molar-refractivity contribution in [2.24, 2.45) is 11.8 Å². The van der Waals surface area contributed by atoms with Crippen molar-refractivity contribution in [3.05, 3.63) is 23.3 Å². The lowest BCUT2D eigenvalue weighted by Gasteiger charge is -2.30. The van der Waals surface area contributed by atoms with E-state index in [9.17, 15) is 4.79 Å². The van der Waals surface area contributed by atoms with Crippen molar-refractivity contribution in [3.63, 3.8) is 0 Å². The highest BCUT2D eigenvalue weighted by atomic mass is 16.5. The van der Waals surface area contributed by atoms with Crippen LogP contribution < -0.4 is 0 Å². The Morgan fingerprint density at radius 1 is 1.25 bits per heavy atom. The minimum absolute atomic E-state index is 0.000468. The first kappa shape index (κ1) is 17.3. The zero-order chi connectivity index (χ0) is 17.1. The Labute approximate surface area is 144 Å². The van der Waals surface area contributed by atoms with E-state index in [4.69, 9.17) is 4.74 Å². The predicted octanol–water partition coefficient (Wildman–Crippen LogP) is 1.49. The molecule has 3 rings (SSSR count). The molecule has 24 heavy (non-hydrogen) atoms. The van der Waals surface area contributed by atoms with Gasteiger partial charge in [0.25, 0.3) is 0 Å². The molecular formula is C18H28N4O2. The number of amides is 1. The average molecular weight is 332 g/mol. The number of carbonyl (C=O) groups excluding carboxylic acids is 1. The Morgan fingerprint density at radius 3 is 2.71 bits per heavy atom. The van der Waals surface area contributed by atoms with Crippen molar-refractivity contribution >= 4 is 5.91 Å². The summed E-state index contributed by atoms with van der Waals surface area (Å²) in [5.41, 5.74) is 2.11. The van der Waals surface area contributed by atoms with E-state index in [1.165, 1.54) is 0 Å². The highest BCUT2D eigenvalue weighted by Gasteiger charge is 2.29. The standard InChI is InChI=1S/C18H28N4O2/c1-13(2)8-17-19-9-15-11-22(12-16(15)20-17)18(23)14(3)10-21-4-6-24-7-5-21/h9,13-14H,4-8,10-12H2,1-3H3. The number of carbonyl (C=O) groups is 1. The summed E-state index contributed by atoms with van der Waals surface area (Å²) in [6, 6.07) is 0. The number of hydrogen-bond donors (Lipinski definition) is 0. The number of fused-ring (bicyclic) bond motifs is 1. The van der Waals surface area contributed by atoms with Crippen LogP contribution in [0.1, 0.15) is 37.9 Å². The molecule has 1 aromatic heterocycles. The van der Waals surface area contributed by atoms with Crippen molar-refractivity contribution in [1.82, 2.24) is 19.8 Å². The SMILES string of the molecule is CC(C)Cc1ncc2c(n1)CN(C(=O)C(C)CN1CCOCC1)C2. The molecule has 6 nitrogen and oxygen atoms in total. The highest BCUT2D eigenvalue weighted by Crippen LogP contribution is 2.23. The number of ether oxygens (including phenoxy) is 1. The summed E-state index contributed by atoms with van der Waals surface area (Å²) in [6.45, 7) is 11.8. The smallest absolute Gasteiger partial charge is 0.227 e. The molecule has 2 aliphatic heterocycles. The minimum atomic E-state index is 0.000468. The fraction of sp³-hybridized carbons (Fsp3) is 0.722. The fourth-order valence-corrected chi connectivity index (χ4v) is 3.37. The van der Waals surface area contributed by atoms with Crippen molar-refractivity contribution in [2.75, 3.05) is 32.8 Å². The number of hydrogen-bond acceptors (Lipinski definition) is 5. The topological polar surface area (TPSA) is 58.6 Å². The van der Waals surface area contributed by atoms with Gasteiger partial charge in [0.2, 0.25) is 5.91 Å². The Morgan fingerprint density at radius 2 is 2.00 bits per heavy atom. The third-order valence-electron chi connectivity index (χ3n) is 4.67. The van der Waals surface area contributed by atoms with Gasteiger partial charge in [-0.15, -0.1) is 0 Å². The van der Waals surface area contributed by atoms with Crippen LogP contribution in [0.3, 0.4) is 0 Å². The van der Waals surface area contributed by atoms with E-state index < -0.39 is 0 Å². The Bertz CT molecular complexity index is 584. The molecule has 0 N–H and O–H groups in total. The molecule has 0 spiro atoms. The molecule has 0 aromatic carbocycles. The first-order valence-electron chi connectivity index (χ1n) is 8.95.